The van der Waals surface area contributed by atoms with Crippen LogP contribution in [0.3, 0.4) is 0 Å². The van der Waals surface area contributed by atoms with Gasteiger partial charge in [-0.15, -0.1) is 0 Å². The van der Waals surface area contributed by atoms with Gasteiger partial charge in [-0.2, -0.15) is 5.26 Å². The first-order chi connectivity index (χ1) is 11.5. The zero-order valence-corrected chi connectivity index (χ0v) is 14.9. The molecule has 0 aromatic heterocycles. The third-order valence-electron chi connectivity index (χ3n) is 3.07. The van der Waals surface area contributed by atoms with Gasteiger partial charge < -0.3 is 15.2 Å². The van der Waals surface area contributed by atoms with Crippen LogP contribution in [0.5, 0.6) is 11.5 Å². The van der Waals surface area contributed by atoms with Crippen molar-refractivity contribution < 1.29 is 14.6 Å². The normalized spacial score (nSPS) is 10.8. The number of anilines is 1. The molecule has 0 heterocycles. The number of nitrogens with zero attached hydrogens (tertiary/aromatic N) is 1. The van der Waals surface area contributed by atoms with Crippen molar-refractivity contribution in [1.82, 2.24) is 0 Å². The number of hydrogen-bond donors (Lipinski definition) is 2. The number of carbonyl (C=O) groups excluding carboxylic acids is 1. The fourth-order valence-electron chi connectivity index (χ4n) is 1.90. The summed E-state index contributed by atoms with van der Waals surface area (Å²) in [5.41, 5.74) is 0.812. The van der Waals surface area contributed by atoms with Gasteiger partial charge in [0.1, 0.15) is 11.6 Å². The summed E-state index contributed by atoms with van der Waals surface area (Å²) < 4.78 is 5.43. The highest BCUT2D eigenvalue weighted by Gasteiger charge is 2.13. The van der Waals surface area contributed by atoms with E-state index in [4.69, 9.17) is 16.3 Å². The molecule has 2 rings (SSSR count). The molecule has 24 heavy (non-hydrogen) atoms. The van der Waals surface area contributed by atoms with Gasteiger partial charge >= 0.3 is 0 Å². The number of nitrogens with one attached hydrogen (secondary N) is 1. The molecule has 122 valence electrons. The highest BCUT2D eigenvalue weighted by atomic mass is 79.9. The smallest absolute Gasteiger partial charge is 0.266 e. The van der Waals surface area contributed by atoms with Gasteiger partial charge in [-0.1, -0.05) is 23.7 Å². The number of nitriles is 1. The maximum Gasteiger partial charge on any atom is 0.266 e. The summed E-state index contributed by atoms with van der Waals surface area (Å²) in [6.45, 7) is 0. The van der Waals surface area contributed by atoms with E-state index in [-0.39, 0.29) is 17.1 Å². The summed E-state index contributed by atoms with van der Waals surface area (Å²) in [4.78, 5) is 12.3. The number of carbonyl (C=O) groups is 1. The van der Waals surface area contributed by atoms with Crippen LogP contribution in [0.15, 0.2) is 46.4 Å². The van der Waals surface area contributed by atoms with E-state index in [0.717, 1.165) is 0 Å². The Bertz CT molecular complexity index is 859. The second-order valence-electron chi connectivity index (χ2n) is 4.66. The summed E-state index contributed by atoms with van der Waals surface area (Å²) >= 11 is 9.18. The Hall–Kier alpha value is -2.49. The Morgan fingerprint density at radius 1 is 1.42 bits per heavy atom. The van der Waals surface area contributed by atoms with E-state index in [1.54, 1.807) is 30.3 Å². The molecule has 0 saturated carbocycles. The Labute approximate surface area is 152 Å². The number of hydrogen-bond acceptors (Lipinski definition) is 4. The molecule has 2 aromatic carbocycles. The molecule has 1 amide bonds. The van der Waals surface area contributed by atoms with Gasteiger partial charge in [0.2, 0.25) is 0 Å². The molecule has 0 fully saturated rings. The Morgan fingerprint density at radius 3 is 2.75 bits per heavy atom. The highest BCUT2D eigenvalue weighted by Crippen LogP contribution is 2.35. The number of benzene rings is 2. The predicted molar refractivity (Wildman–Crippen MR) is 96.0 cm³/mol. The van der Waals surface area contributed by atoms with Gasteiger partial charge in [0.15, 0.2) is 11.5 Å². The summed E-state index contributed by atoms with van der Waals surface area (Å²) in [5, 5.41) is 22.0. The second-order valence-corrected chi connectivity index (χ2v) is 5.92. The van der Waals surface area contributed by atoms with E-state index in [0.29, 0.717) is 20.7 Å². The molecule has 0 aliphatic heterocycles. The monoisotopic (exact) mass is 406 g/mol. The van der Waals surface area contributed by atoms with Gasteiger partial charge in [0.05, 0.1) is 22.3 Å². The summed E-state index contributed by atoms with van der Waals surface area (Å²) in [6, 6.07) is 11.7. The van der Waals surface area contributed by atoms with Crippen LogP contribution in [0.2, 0.25) is 5.02 Å². The van der Waals surface area contributed by atoms with E-state index < -0.39 is 5.91 Å². The topological polar surface area (TPSA) is 82.3 Å². The molecule has 0 aliphatic carbocycles. The quantitative estimate of drug-likeness (QED) is 0.583. The van der Waals surface area contributed by atoms with Gasteiger partial charge in [-0.3, -0.25) is 4.79 Å². The molecule has 0 saturated heterocycles. The highest BCUT2D eigenvalue weighted by molar-refractivity contribution is 9.10. The third-order valence-corrected chi connectivity index (χ3v) is 4.00. The van der Waals surface area contributed by atoms with E-state index in [1.807, 2.05) is 6.07 Å². The van der Waals surface area contributed by atoms with Crippen LogP contribution in [0.4, 0.5) is 5.69 Å². The van der Waals surface area contributed by atoms with Crippen LogP contribution in [-0.4, -0.2) is 18.1 Å². The SMILES string of the molecule is COc1cc(/C=C(\C#N)C(=O)Nc2ccccc2Cl)cc(Br)c1O. The fraction of sp³-hybridized carbons (Fsp3) is 0.0588. The number of halogens is 2. The number of amides is 1. The first-order valence-corrected chi connectivity index (χ1v) is 7.87. The van der Waals surface area contributed by atoms with Crippen LogP contribution in [0, 0.1) is 11.3 Å². The summed E-state index contributed by atoms with van der Waals surface area (Å²) in [6.07, 6.45) is 1.39. The molecule has 2 N–H and O–H groups in total. The molecule has 0 radical (unpaired) electrons. The van der Waals surface area contributed by atoms with Crippen molar-refractivity contribution in [2.75, 3.05) is 12.4 Å². The van der Waals surface area contributed by atoms with Crippen molar-refractivity contribution in [2.45, 2.75) is 0 Å². The molecule has 0 aliphatic rings. The Balaban J connectivity index is 2.33. The lowest BCUT2D eigenvalue weighted by Crippen LogP contribution is -2.13. The number of methoxy groups -OCH3 is 1. The zero-order chi connectivity index (χ0) is 17.7. The average molecular weight is 408 g/mol. The Morgan fingerprint density at radius 2 is 2.12 bits per heavy atom. The lowest BCUT2D eigenvalue weighted by molar-refractivity contribution is -0.112. The lowest BCUT2D eigenvalue weighted by atomic mass is 10.1. The van der Waals surface area contributed by atoms with Crippen LogP contribution in [-0.2, 0) is 4.79 Å². The van der Waals surface area contributed by atoms with Gasteiger partial charge in [0.25, 0.3) is 5.91 Å². The Kier molecular flexibility index (Phi) is 5.85. The molecule has 0 atom stereocenters. The first-order valence-electron chi connectivity index (χ1n) is 6.70. The number of rotatable bonds is 4. The van der Waals surface area contributed by atoms with E-state index >= 15 is 0 Å². The summed E-state index contributed by atoms with van der Waals surface area (Å²) in [7, 11) is 1.41. The molecular formula is C17H12BrClN2O3. The number of para-hydroxylation sites is 1. The van der Waals surface area contributed by atoms with Crippen molar-refractivity contribution in [2.24, 2.45) is 0 Å². The molecule has 7 heteroatoms. The number of phenols is 1. The molecule has 5 nitrogen and oxygen atoms in total. The number of phenolic OH excluding ortho intramolecular Hbond substituents is 1. The second kappa shape index (κ2) is 7.86. The first kappa shape index (κ1) is 17.9. The van der Waals surface area contributed by atoms with Crippen molar-refractivity contribution in [3.05, 3.63) is 57.0 Å². The van der Waals surface area contributed by atoms with Crippen molar-refractivity contribution in [3.8, 4) is 17.6 Å². The molecular weight excluding hydrogens is 396 g/mol. The molecule has 0 bridgehead atoms. The predicted octanol–water partition coefficient (Wildman–Crippen LogP) is 4.36. The molecule has 0 spiro atoms. The molecule has 2 aromatic rings. The minimum atomic E-state index is -0.589. The average Bonchev–Trinajstić information content (AvgIpc) is 2.57. The summed E-state index contributed by atoms with van der Waals surface area (Å²) in [5.74, 6) is -0.429. The zero-order valence-electron chi connectivity index (χ0n) is 12.5. The lowest BCUT2D eigenvalue weighted by Gasteiger charge is -2.08. The third kappa shape index (κ3) is 4.07. The van der Waals surface area contributed by atoms with Gasteiger partial charge in [-0.05, 0) is 51.8 Å². The van der Waals surface area contributed by atoms with Gasteiger partial charge in [-0.25, -0.2) is 0 Å². The minimum absolute atomic E-state index is 0.0614. The van der Waals surface area contributed by atoms with Crippen LogP contribution < -0.4 is 10.1 Å². The van der Waals surface area contributed by atoms with Crippen LogP contribution >= 0.6 is 27.5 Å². The largest absolute Gasteiger partial charge is 0.503 e. The van der Waals surface area contributed by atoms with Gasteiger partial charge in [0, 0.05) is 0 Å². The van der Waals surface area contributed by atoms with Crippen LogP contribution in [0.25, 0.3) is 6.08 Å². The van der Waals surface area contributed by atoms with Crippen molar-refractivity contribution in [1.29, 1.82) is 5.26 Å². The van der Waals surface area contributed by atoms with E-state index in [1.165, 1.54) is 19.3 Å². The van der Waals surface area contributed by atoms with E-state index in [2.05, 4.69) is 21.2 Å². The fourth-order valence-corrected chi connectivity index (χ4v) is 2.54. The number of ether oxygens (including phenoxy) is 1. The van der Waals surface area contributed by atoms with E-state index in [9.17, 15) is 15.2 Å². The van der Waals surface area contributed by atoms with Crippen LogP contribution in [0.1, 0.15) is 5.56 Å². The van der Waals surface area contributed by atoms with Crippen molar-refractivity contribution >= 4 is 45.2 Å². The maximum absolute atomic E-state index is 12.3. The minimum Gasteiger partial charge on any atom is -0.503 e. The number of aromatic hydroxyl groups is 1. The standard InChI is InChI=1S/C17H12BrClN2O3/c1-24-15-8-10(7-12(18)16(15)22)6-11(9-20)17(23)21-14-5-3-2-4-13(14)19/h2-8,22H,1H3,(H,21,23)/b11-6+. The maximum atomic E-state index is 12.3. The molecule has 0 unspecified atom stereocenters. The van der Waals surface area contributed by atoms with Crippen molar-refractivity contribution in [3.63, 3.8) is 0 Å².